The van der Waals surface area contributed by atoms with Crippen LogP contribution in [0.1, 0.15) is 22.8 Å². The lowest BCUT2D eigenvalue weighted by molar-refractivity contribution is 0.0526. The fraction of sp³-hybridized carbons (Fsp3) is 0.250. The molecule has 0 fully saturated rings. The lowest BCUT2D eigenvalue weighted by atomic mass is 10.1. The molecule has 1 aromatic carbocycles. The summed E-state index contributed by atoms with van der Waals surface area (Å²) in [6.45, 7) is 1.79. The molecule has 0 saturated heterocycles. The van der Waals surface area contributed by atoms with Crippen molar-refractivity contribution in [2.75, 3.05) is 13.2 Å². The average Bonchev–Trinajstić information content (AvgIpc) is 2.26. The van der Waals surface area contributed by atoms with Gasteiger partial charge in [0.15, 0.2) is 0 Å². The molecule has 0 saturated carbocycles. The molecule has 0 atom stereocenters. The molecule has 0 aliphatic heterocycles. The van der Waals surface area contributed by atoms with E-state index in [9.17, 15) is 9.18 Å². The van der Waals surface area contributed by atoms with E-state index in [1.807, 2.05) is 0 Å². The van der Waals surface area contributed by atoms with Gasteiger partial charge in [-0.05, 0) is 30.7 Å². The van der Waals surface area contributed by atoms with Crippen LogP contribution in [-0.2, 0) is 4.74 Å². The van der Waals surface area contributed by atoms with E-state index >= 15 is 0 Å². The summed E-state index contributed by atoms with van der Waals surface area (Å²) in [6, 6.07) is 3.78. The van der Waals surface area contributed by atoms with E-state index in [0.717, 1.165) is 0 Å². The van der Waals surface area contributed by atoms with Gasteiger partial charge in [0.05, 0.1) is 18.8 Å². The van der Waals surface area contributed by atoms with Gasteiger partial charge < -0.3 is 9.84 Å². The van der Waals surface area contributed by atoms with Crippen LogP contribution in [0.25, 0.3) is 6.08 Å². The average molecular weight is 224 g/mol. The third kappa shape index (κ3) is 3.17. The first-order valence-electron chi connectivity index (χ1n) is 4.93. The van der Waals surface area contributed by atoms with E-state index in [2.05, 4.69) is 0 Å². The van der Waals surface area contributed by atoms with Crippen LogP contribution in [-0.4, -0.2) is 24.3 Å². The second-order valence-electron chi connectivity index (χ2n) is 3.04. The van der Waals surface area contributed by atoms with E-state index in [1.54, 1.807) is 6.92 Å². The lowest BCUT2D eigenvalue weighted by Crippen LogP contribution is -2.06. The number of rotatable bonds is 4. The van der Waals surface area contributed by atoms with Gasteiger partial charge in [0.25, 0.3) is 0 Å². The lowest BCUT2D eigenvalue weighted by Gasteiger charge is -2.05. The molecule has 0 bridgehead atoms. The zero-order valence-electron chi connectivity index (χ0n) is 8.94. The molecular weight excluding hydrogens is 211 g/mol. The molecule has 86 valence electrons. The van der Waals surface area contributed by atoms with Crippen LogP contribution in [0.3, 0.4) is 0 Å². The molecule has 0 spiro atoms. The Morgan fingerprint density at radius 1 is 1.56 bits per heavy atom. The first kappa shape index (κ1) is 12.4. The van der Waals surface area contributed by atoms with Crippen LogP contribution in [0.15, 0.2) is 24.3 Å². The molecule has 0 heterocycles. The number of halogens is 1. The molecule has 16 heavy (non-hydrogen) atoms. The predicted molar refractivity (Wildman–Crippen MR) is 58.5 cm³/mol. The summed E-state index contributed by atoms with van der Waals surface area (Å²) in [6.07, 6.45) is 2.91. The standard InChI is InChI=1S/C12H13FO3/c1-2-16-12(15)11-6-5-10(13)8-9(11)4-3-7-14/h3-6,8,14H,2,7H2,1H3. The quantitative estimate of drug-likeness (QED) is 0.796. The summed E-state index contributed by atoms with van der Waals surface area (Å²) < 4.78 is 17.8. The van der Waals surface area contributed by atoms with Crippen LogP contribution in [0.4, 0.5) is 4.39 Å². The topological polar surface area (TPSA) is 46.5 Å². The zero-order chi connectivity index (χ0) is 12.0. The maximum absolute atomic E-state index is 13.0. The van der Waals surface area contributed by atoms with Crippen molar-refractivity contribution in [1.29, 1.82) is 0 Å². The van der Waals surface area contributed by atoms with Gasteiger partial charge in [0.2, 0.25) is 0 Å². The summed E-state index contributed by atoms with van der Waals surface area (Å²) >= 11 is 0. The summed E-state index contributed by atoms with van der Waals surface area (Å²) in [5.74, 6) is -0.939. The number of carbonyl (C=O) groups is 1. The van der Waals surface area contributed by atoms with Crippen molar-refractivity contribution >= 4 is 12.0 Å². The van der Waals surface area contributed by atoms with Gasteiger partial charge in [-0.25, -0.2) is 9.18 Å². The first-order chi connectivity index (χ1) is 7.69. The molecule has 0 aliphatic rings. The van der Waals surface area contributed by atoms with Gasteiger partial charge in [0, 0.05) is 0 Å². The smallest absolute Gasteiger partial charge is 0.338 e. The monoisotopic (exact) mass is 224 g/mol. The molecule has 1 rings (SSSR count). The minimum absolute atomic E-state index is 0.168. The van der Waals surface area contributed by atoms with Crippen molar-refractivity contribution in [1.82, 2.24) is 0 Å². The van der Waals surface area contributed by atoms with Gasteiger partial charge in [-0.2, -0.15) is 0 Å². The van der Waals surface area contributed by atoms with Gasteiger partial charge in [-0.1, -0.05) is 12.2 Å². The Morgan fingerprint density at radius 2 is 2.31 bits per heavy atom. The minimum Gasteiger partial charge on any atom is -0.462 e. The van der Waals surface area contributed by atoms with Crippen molar-refractivity contribution in [2.24, 2.45) is 0 Å². The van der Waals surface area contributed by atoms with Gasteiger partial charge in [0.1, 0.15) is 5.82 Å². The highest BCUT2D eigenvalue weighted by Crippen LogP contribution is 2.14. The minimum atomic E-state index is -0.500. The van der Waals surface area contributed by atoms with Crippen molar-refractivity contribution < 1.29 is 19.0 Å². The molecule has 0 amide bonds. The summed E-state index contributed by atoms with van der Waals surface area (Å²) in [7, 11) is 0. The van der Waals surface area contributed by atoms with Crippen LogP contribution in [0.2, 0.25) is 0 Å². The van der Waals surface area contributed by atoms with E-state index in [1.165, 1.54) is 30.4 Å². The molecule has 1 aromatic rings. The molecule has 0 aliphatic carbocycles. The molecule has 4 heteroatoms. The number of aliphatic hydroxyl groups excluding tert-OH is 1. The van der Waals surface area contributed by atoms with E-state index in [4.69, 9.17) is 9.84 Å². The maximum Gasteiger partial charge on any atom is 0.338 e. The van der Waals surface area contributed by atoms with E-state index in [-0.39, 0.29) is 18.8 Å². The number of aliphatic hydroxyl groups is 1. The van der Waals surface area contributed by atoms with Crippen molar-refractivity contribution in [3.63, 3.8) is 0 Å². The summed E-state index contributed by atoms with van der Waals surface area (Å²) in [5, 5.41) is 8.63. The highest BCUT2D eigenvalue weighted by atomic mass is 19.1. The summed E-state index contributed by atoms with van der Waals surface area (Å²) in [5.41, 5.74) is 0.681. The zero-order valence-corrected chi connectivity index (χ0v) is 8.94. The van der Waals surface area contributed by atoms with Crippen LogP contribution in [0, 0.1) is 5.82 Å². The third-order valence-corrected chi connectivity index (χ3v) is 1.91. The van der Waals surface area contributed by atoms with Crippen molar-refractivity contribution in [3.8, 4) is 0 Å². The Labute approximate surface area is 93.2 Å². The highest BCUT2D eigenvalue weighted by molar-refractivity contribution is 5.93. The summed E-state index contributed by atoms with van der Waals surface area (Å²) in [4.78, 5) is 11.5. The Hall–Kier alpha value is -1.68. The second-order valence-corrected chi connectivity index (χ2v) is 3.04. The molecule has 3 nitrogen and oxygen atoms in total. The number of ether oxygens (including phenoxy) is 1. The first-order valence-corrected chi connectivity index (χ1v) is 4.93. The van der Waals surface area contributed by atoms with Gasteiger partial charge in [-0.15, -0.1) is 0 Å². The fourth-order valence-corrected chi connectivity index (χ4v) is 1.25. The Bertz CT molecular complexity index is 399. The van der Waals surface area contributed by atoms with Crippen molar-refractivity contribution in [3.05, 3.63) is 41.2 Å². The van der Waals surface area contributed by atoms with Crippen LogP contribution < -0.4 is 0 Å². The van der Waals surface area contributed by atoms with Crippen LogP contribution in [0.5, 0.6) is 0 Å². The normalized spacial score (nSPS) is 10.7. The largest absolute Gasteiger partial charge is 0.462 e. The number of hydrogen-bond acceptors (Lipinski definition) is 3. The maximum atomic E-state index is 13.0. The van der Waals surface area contributed by atoms with Gasteiger partial charge >= 0.3 is 5.97 Å². The van der Waals surface area contributed by atoms with Gasteiger partial charge in [-0.3, -0.25) is 0 Å². The van der Waals surface area contributed by atoms with E-state index in [0.29, 0.717) is 5.56 Å². The molecule has 0 aromatic heterocycles. The second kappa shape index (κ2) is 6.02. The Morgan fingerprint density at radius 3 is 2.94 bits per heavy atom. The fourth-order valence-electron chi connectivity index (χ4n) is 1.25. The Kier molecular flexibility index (Phi) is 4.66. The van der Waals surface area contributed by atoms with Crippen LogP contribution >= 0.6 is 0 Å². The number of carbonyl (C=O) groups excluding carboxylic acids is 1. The molecular formula is C12H13FO3. The highest BCUT2D eigenvalue weighted by Gasteiger charge is 2.11. The predicted octanol–water partition coefficient (Wildman–Crippen LogP) is 2.01. The third-order valence-electron chi connectivity index (χ3n) is 1.91. The van der Waals surface area contributed by atoms with E-state index < -0.39 is 11.8 Å². The number of benzene rings is 1. The Balaban J connectivity index is 3.06. The molecule has 0 unspecified atom stereocenters. The SMILES string of the molecule is CCOC(=O)c1ccc(F)cc1C=CCO. The molecule has 1 N–H and O–H groups in total. The van der Waals surface area contributed by atoms with Crippen molar-refractivity contribution in [2.45, 2.75) is 6.92 Å². The molecule has 0 radical (unpaired) electrons. The number of esters is 1. The number of hydrogen-bond donors (Lipinski definition) is 1.